The molecule has 2 aromatic rings. The number of hydrogen-bond acceptors (Lipinski definition) is 2. The molecule has 1 radical (unpaired) electrons. The highest BCUT2D eigenvalue weighted by atomic mass is 35.5. The van der Waals surface area contributed by atoms with Gasteiger partial charge in [0.25, 0.3) is 0 Å². The van der Waals surface area contributed by atoms with Crippen LogP contribution in [0.15, 0.2) is 36.5 Å². The number of benzene rings is 1. The molecule has 0 aliphatic carbocycles. The van der Waals surface area contributed by atoms with Crippen LogP contribution in [0, 0.1) is 13.0 Å². The van der Waals surface area contributed by atoms with Crippen LogP contribution >= 0.6 is 11.6 Å². The standard InChI is InChI=1S/C13H11ClNO/c1-10-7-11(14)8-15-13(10)9-16-12-5-3-2-4-6-12/h2-5,7-8H,9H2,1H3. The van der Waals surface area contributed by atoms with Crippen molar-refractivity contribution in [1.29, 1.82) is 0 Å². The van der Waals surface area contributed by atoms with Crippen molar-refractivity contribution in [3.63, 3.8) is 0 Å². The van der Waals surface area contributed by atoms with Gasteiger partial charge in [0.15, 0.2) is 0 Å². The van der Waals surface area contributed by atoms with Crippen LogP contribution in [0.4, 0.5) is 0 Å². The van der Waals surface area contributed by atoms with E-state index in [-0.39, 0.29) is 0 Å². The summed E-state index contributed by atoms with van der Waals surface area (Å²) in [5.74, 6) is 0.721. The first-order chi connectivity index (χ1) is 7.75. The van der Waals surface area contributed by atoms with Gasteiger partial charge in [-0.15, -0.1) is 0 Å². The van der Waals surface area contributed by atoms with E-state index in [1.54, 1.807) is 6.20 Å². The molecule has 0 aliphatic heterocycles. The molecule has 1 heterocycles. The third-order valence-electron chi connectivity index (χ3n) is 2.20. The summed E-state index contributed by atoms with van der Waals surface area (Å²) in [5.41, 5.74) is 1.92. The number of hydrogen-bond donors (Lipinski definition) is 0. The molecule has 0 bridgehead atoms. The quantitative estimate of drug-likeness (QED) is 0.809. The summed E-state index contributed by atoms with van der Waals surface area (Å²) >= 11 is 5.82. The fourth-order valence-electron chi connectivity index (χ4n) is 1.33. The molecule has 0 atom stereocenters. The molecule has 3 heteroatoms. The molecule has 0 aliphatic rings. The SMILES string of the molecule is Cc1cc(Cl)cnc1COc1[c]cccc1. The van der Waals surface area contributed by atoms with E-state index >= 15 is 0 Å². The highest BCUT2D eigenvalue weighted by molar-refractivity contribution is 6.30. The van der Waals surface area contributed by atoms with E-state index in [1.807, 2.05) is 37.3 Å². The average molecular weight is 233 g/mol. The lowest BCUT2D eigenvalue weighted by molar-refractivity contribution is 0.300. The Hall–Kier alpha value is -1.54. The monoisotopic (exact) mass is 232 g/mol. The fourth-order valence-corrected chi connectivity index (χ4v) is 1.55. The summed E-state index contributed by atoms with van der Waals surface area (Å²) in [7, 11) is 0. The van der Waals surface area contributed by atoms with Gasteiger partial charge in [0.1, 0.15) is 12.4 Å². The molecule has 0 spiro atoms. The highest BCUT2D eigenvalue weighted by Crippen LogP contribution is 2.15. The molecule has 81 valence electrons. The zero-order chi connectivity index (χ0) is 11.4. The van der Waals surface area contributed by atoms with Gasteiger partial charge in [-0.1, -0.05) is 29.8 Å². The minimum Gasteiger partial charge on any atom is -0.487 e. The van der Waals surface area contributed by atoms with Crippen molar-refractivity contribution in [2.75, 3.05) is 0 Å². The zero-order valence-electron chi connectivity index (χ0n) is 8.90. The third kappa shape index (κ3) is 2.74. The first kappa shape index (κ1) is 11.0. The van der Waals surface area contributed by atoms with E-state index < -0.39 is 0 Å². The second kappa shape index (κ2) is 4.99. The predicted octanol–water partition coefficient (Wildman–Crippen LogP) is 3.42. The Morgan fingerprint density at radius 1 is 1.44 bits per heavy atom. The normalized spacial score (nSPS) is 10.1. The van der Waals surface area contributed by atoms with Gasteiger partial charge in [-0.3, -0.25) is 4.98 Å². The van der Waals surface area contributed by atoms with Gasteiger partial charge in [0.2, 0.25) is 0 Å². The molecule has 16 heavy (non-hydrogen) atoms. The molecule has 0 fully saturated rings. The number of aryl methyl sites for hydroxylation is 1. The summed E-state index contributed by atoms with van der Waals surface area (Å²) in [6, 6.07) is 12.4. The van der Waals surface area contributed by atoms with E-state index in [1.165, 1.54) is 0 Å². The Morgan fingerprint density at radius 3 is 3.00 bits per heavy atom. The third-order valence-corrected chi connectivity index (χ3v) is 2.40. The van der Waals surface area contributed by atoms with Crippen LogP contribution in [-0.4, -0.2) is 4.98 Å². The Labute approximate surface area is 99.9 Å². The van der Waals surface area contributed by atoms with Crippen molar-refractivity contribution in [2.45, 2.75) is 13.5 Å². The van der Waals surface area contributed by atoms with E-state index in [2.05, 4.69) is 11.1 Å². The van der Waals surface area contributed by atoms with Gasteiger partial charge < -0.3 is 4.74 Å². The van der Waals surface area contributed by atoms with Crippen molar-refractivity contribution < 1.29 is 4.74 Å². The topological polar surface area (TPSA) is 22.1 Å². The van der Waals surface area contributed by atoms with Crippen molar-refractivity contribution in [1.82, 2.24) is 4.98 Å². The number of rotatable bonds is 3. The summed E-state index contributed by atoms with van der Waals surface area (Å²) < 4.78 is 5.55. The van der Waals surface area contributed by atoms with Crippen molar-refractivity contribution >= 4 is 11.6 Å². The number of nitrogens with zero attached hydrogens (tertiary/aromatic N) is 1. The summed E-state index contributed by atoms with van der Waals surface area (Å²) in [6.45, 7) is 2.40. The maximum absolute atomic E-state index is 5.82. The minimum atomic E-state index is 0.434. The molecule has 1 aromatic heterocycles. The van der Waals surface area contributed by atoms with Gasteiger partial charge in [-0.25, -0.2) is 0 Å². The van der Waals surface area contributed by atoms with Crippen LogP contribution in [0.1, 0.15) is 11.3 Å². The predicted molar refractivity (Wildman–Crippen MR) is 63.6 cm³/mol. The van der Waals surface area contributed by atoms with Crippen molar-refractivity contribution in [2.24, 2.45) is 0 Å². The second-order valence-electron chi connectivity index (χ2n) is 3.43. The fraction of sp³-hybridized carbons (Fsp3) is 0.154. The van der Waals surface area contributed by atoms with E-state index in [4.69, 9.17) is 16.3 Å². The lowest BCUT2D eigenvalue weighted by atomic mass is 10.2. The molecular formula is C13H11ClNO. The lowest BCUT2D eigenvalue weighted by Crippen LogP contribution is -2.00. The summed E-state index contributed by atoms with van der Waals surface area (Å²) in [5, 5.41) is 0.646. The van der Waals surface area contributed by atoms with Crippen LogP contribution in [0.3, 0.4) is 0 Å². The van der Waals surface area contributed by atoms with Gasteiger partial charge in [0, 0.05) is 12.3 Å². The van der Waals surface area contributed by atoms with Crippen molar-refractivity contribution in [3.8, 4) is 5.75 Å². The molecule has 0 unspecified atom stereocenters. The lowest BCUT2D eigenvalue weighted by Gasteiger charge is -2.07. The largest absolute Gasteiger partial charge is 0.487 e. The minimum absolute atomic E-state index is 0.434. The average Bonchev–Trinajstić information content (AvgIpc) is 2.29. The Bertz CT molecular complexity index is 471. The van der Waals surface area contributed by atoms with E-state index in [0.29, 0.717) is 11.6 Å². The molecule has 0 saturated heterocycles. The number of ether oxygens (including phenoxy) is 1. The molecule has 0 N–H and O–H groups in total. The van der Waals surface area contributed by atoms with Crippen LogP contribution in [-0.2, 0) is 6.61 Å². The first-order valence-corrected chi connectivity index (χ1v) is 5.34. The van der Waals surface area contributed by atoms with Crippen LogP contribution in [0.5, 0.6) is 5.75 Å². The summed E-state index contributed by atoms with van der Waals surface area (Å²) in [6.07, 6.45) is 1.63. The number of halogens is 1. The first-order valence-electron chi connectivity index (χ1n) is 4.96. The Balaban J connectivity index is 2.05. The molecule has 2 nitrogen and oxygen atoms in total. The van der Waals surface area contributed by atoms with E-state index in [9.17, 15) is 0 Å². The smallest absolute Gasteiger partial charge is 0.130 e. The molecule has 1 aromatic carbocycles. The zero-order valence-corrected chi connectivity index (χ0v) is 9.66. The molecule has 0 saturated carbocycles. The molecule has 2 rings (SSSR count). The van der Waals surface area contributed by atoms with Crippen molar-refractivity contribution in [3.05, 3.63) is 58.9 Å². The van der Waals surface area contributed by atoms with Gasteiger partial charge in [-0.05, 0) is 24.6 Å². The van der Waals surface area contributed by atoms with Crippen LogP contribution in [0.25, 0.3) is 0 Å². The van der Waals surface area contributed by atoms with Gasteiger partial charge >= 0.3 is 0 Å². The van der Waals surface area contributed by atoms with Crippen LogP contribution in [0.2, 0.25) is 5.02 Å². The summed E-state index contributed by atoms with van der Waals surface area (Å²) in [4.78, 5) is 4.22. The highest BCUT2D eigenvalue weighted by Gasteiger charge is 2.02. The maximum atomic E-state index is 5.82. The van der Waals surface area contributed by atoms with Gasteiger partial charge in [0.05, 0.1) is 10.7 Å². The Morgan fingerprint density at radius 2 is 2.31 bits per heavy atom. The number of aromatic nitrogens is 1. The molecule has 0 amide bonds. The Kier molecular flexibility index (Phi) is 3.42. The van der Waals surface area contributed by atoms with Gasteiger partial charge in [-0.2, -0.15) is 0 Å². The van der Waals surface area contributed by atoms with Crippen LogP contribution < -0.4 is 4.74 Å². The number of para-hydroxylation sites is 1. The number of pyridine rings is 1. The maximum Gasteiger partial charge on any atom is 0.130 e. The second-order valence-corrected chi connectivity index (χ2v) is 3.87. The molecular weight excluding hydrogens is 222 g/mol. The van der Waals surface area contributed by atoms with E-state index in [0.717, 1.165) is 17.0 Å².